The molecule has 0 aliphatic heterocycles. The molecular weight excluding hydrogens is 228 g/mol. The molecule has 0 heterocycles. The molecule has 18 heavy (non-hydrogen) atoms. The number of rotatable bonds is 8. The van der Waals surface area contributed by atoms with Gasteiger partial charge in [0.05, 0.1) is 7.11 Å². The first kappa shape index (κ1) is 15.4. The van der Waals surface area contributed by atoms with Crippen molar-refractivity contribution < 1.29 is 9.53 Å². The van der Waals surface area contributed by atoms with Crippen molar-refractivity contribution in [3.8, 4) is 0 Å². The van der Waals surface area contributed by atoms with Crippen LogP contribution in [0.4, 0.5) is 0 Å². The van der Waals surface area contributed by atoms with Gasteiger partial charge in [0, 0.05) is 19.1 Å². The van der Waals surface area contributed by atoms with Crippen molar-refractivity contribution in [1.82, 2.24) is 10.2 Å². The Kier molecular flexibility index (Phi) is 5.60. The molecule has 1 aliphatic carbocycles. The number of ether oxygens (including phenoxy) is 1. The summed E-state index contributed by atoms with van der Waals surface area (Å²) in [5.41, 5.74) is -0.585. The lowest BCUT2D eigenvalue weighted by Gasteiger charge is -2.33. The third-order valence-corrected chi connectivity index (χ3v) is 3.64. The molecule has 1 saturated carbocycles. The first-order chi connectivity index (χ1) is 8.41. The molecule has 106 valence electrons. The van der Waals surface area contributed by atoms with Crippen LogP contribution in [0.5, 0.6) is 0 Å². The van der Waals surface area contributed by atoms with Crippen molar-refractivity contribution in [3.05, 3.63) is 0 Å². The van der Waals surface area contributed by atoms with E-state index in [0.29, 0.717) is 18.5 Å². The zero-order valence-electron chi connectivity index (χ0n) is 12.5. The molecule has 1 rings (SSSR count). The van der Waals surface area contributed by atoms with Gasteiger partial charge in [-0.05, 0) is 32.7 Å². The molecule has 0 amide bonds. The fourth-order valence-corrected chi connectivity index (χ4v) is 2.34. The van der Waals surface area contributed by atoms with Crippen LogP contribution in [0, 0.1) is 5.92 Å². The van der Waals surface area contributed by atoms with Crippen molar-refractivity contribution in [1.29, 1.82) is 0 Å². The van der Waals surface area contributed by atoms with Crippen molar-refractivity contribution in [3.63, 3.8) is 0 Å². The predicted octanol–water partition coefficient (Wildman–Crippen LogP) is 1.65. The van der Waals surface area contributed by atoms with Crippen LogP contribution in [0.25, 0.3) is 0 Å². The number of esters is 1. The minimum Gasteiger partial charge on any atom is -0.468 e. The fourth-order valence-electron chi connectivity index (χ4n) is 2.34. The molecule has 2 unspecified atom stereocenters. The van der Waals surface area contributed by atoms with E-state index in [1.54, 1.807) is 0 Å². The maximum Gasteiger partial charge on any atom is 0.327 e. The number of methoxy groups -OCH3 is 1. The van der Waals surface area contributed by atoms with Crippen LogP contribution in [0.1, 0.15) is 40.0 Å². The molecule has 0 spiro atoms. The lowest BCUT2D eigenvalue weighted by atomic mass is 10.0. The molecule has 4 nitrogen and oxygen atoms in total. The third kappa shape index (κ3) is 4.58. The van der Waals surface area contributed by atoms with E-state index in [1.165, 1.54) is 20.0 Å². The molecule has 0 aromatic rings. The summed E-state index contributed by atoms with van der Waals surface area (Å²) >= 11 is 0. The molecule has 0 saturated heterocycles. The monoisotopic (exact) mass is 256 g/mol. The number of likely N-dealkylation sites (N-methyl/N-ethyl adjacent to an activating group) is 1. The van der Waals surface area contributed by atoms with Gasteiger partial charge in [0.2, 0.25) is 0 Å². The van der Waals surface area contributed by atoms with E-state index in [2.05, 4.69) is 31.1 Å². The Morgan fingerprint density at radius 1 is 1.56 bits per heavy atom. The van der Waals surface area contributed by atoms with Crippen molar-refractivity contribution >= 4 is 5.97 Å². The number of hydrogen-bond acceptors (Lipinski definition) is 4. The minimum absolute atomic E-state index is 0.162. The second kappa shape index (κ2) is 6.53. The summed E-state index contributed by atoms with van der Waals surface area (Å²) in [6.45, 7) is 8.08. The molecular formula is C14H28N2O2. The Balaban J connectivity index is 2.56. The second-order valence-electron chi connectivity index (χ2n) is 5.95. The van der Waals surface area contributed by atoms with Gasteiger partial charge in [-0.25, -0.2) is 0 Å². The summed E-state index contributed by atoms with van der Waals surface area (Å²) in [5.74, 6) is 0.489. The number of carbonyl (C=O) groups is 1. The van der Waals surface area contributed by atoms with Gasteiger partial charge in [0.25, 0.3) is 0 Å². The average Bonchev–Trinajstić information content (AvgIpc) is 3.10. The smallest absolute Gasteiger partial charge is 0.327 e. The van der Waals surface area contributed by atoms with Gasteiger partial charge in [-0.3, -0.25) is 10.1 Å². The van der Waals surface area contributed by atoms with Gasteiger partial charge in [-0.15, -0.1) is 0 Å². The third-order valence-electron chi connectivity index (χ3n) is 3.64. The Hall–Kier alpha value is -0.610. The molecule has 1 aliphatic rings. The molecule has 0 radical (unpaired) electrons. The maximum atomic E-state index is 12.0. The van der Waals surface area contributed by atoms with E-state index in [4.69, 9.17) is 4.74 Å². The van der Waals surface area contributed by atoms with Crippen LogP contribution in [0.15, 0.2) is 0 Å². The lowest BCUT2D eigenvalue weighted by Crippen LogP contribution is -2.58. The SMILES string of the molecule is CCC(C)CN(C)CC(C)(NC1CC1)C(=O)OC. The predicted molar refractivity (Wildman–Crippen MR) is 73.5 cm³/mol. The van der Waals surface area contributed by atoms with Gasteiger partial charge in [0.1, 0.15) is 5.54 Å². The zero-order valence-corrected chi connectivity index (χ0v) is 12.5. The highest BCUT2D eigenvalue weighted by atomic mass is 16.5. The Labute approximate surface area is 111 Å². The van der Waals surface area contributed by atoms with Gasteiger partial charge in [-0.1, -0.05) is 20.3 Å². The quantitative estimate of drug-likeness (QED) is 0.671. The van der Waals surface area contributed by atoms with Crippen LogP contribution >= 0.6 is 0 Å². The minimum atomic E-state index is -0.585. The lowest BCUT2D eigenvalue weighted by molar-refractivity contribution is -0.148. The van der Waals surface area contributed by atoms with Gasteiger partial charge in [-0.2, -0.15) is 0 Å². The molecule has 0 aromatic heterocycles. The fraction of sp³-hybridized carbons (Fsp3) is 0.929. The van der Waals surface area contributed by atoms with Crippen molar-refractivity contribution in [2.45, 2.75) is 51.6 Å². The second-order valence-corrected chi connectivity index (χ2v) is 5.95. The topological polar surface area (TPSA) is 41.6 Å². The zero-order chi connectivity index (χ0) is 13.8. The molecule has 4 heteroatoms. The number of carbonyl (C=O) groups excluding carboxylic acids is 1. The number of hydrogen-bond donors (Lipinski definition) is 1. The van der Waals surface area contributed by atoms with Crippen LogP contribution in [-0.4, -0.2) is 49.7 Å². The summed E-state index contributed by atoms with van der Waals surface area (Å²) in [5, 5.41) is 3.42. The first-order valence-electron chi connectivity index (χ1n) is 6.96. The van der Waals surface area contributed by atoms with Crippen LogP contribution in [0.2, 0.25) is 0 Å². The van der Waals surface area contributed by atoms with Crippen LogP contribution in [0.3, 0.4) is 0 Å². The summed E-state index contributed by atoms with van der Waals surface area (Å²) in [4.78, 5) is 14.2. The number of nitrogens with zero attached hydrogens (tertiary/aromatic N) is 1. The Bertz CT molecular complexity index is 279. The largest absolute Gasteiger partial charge is 0.468 e. The Morgan fingerprint density at radius 2 is 2.17 bits per heavy atom. The summed E-state index contributed by atoms with van der Waals surface area (Å²) < 4.78 is 4.95. The molecule has 0 bridgehead atoms. The van der Waals surface area contributed by atoms with E-state index >= 15 is 0 Å². The van der Waals surface area contributed by atoms with E-state index < -0.39 is 5.54 Å². The first-order valence-corrected chi connectivity index (χ1v) is 6.96. The van der Waals surface area contributed by atoms with E-state index in [9.17, 15) is 4.79 Å². The van der Waals surface area contributed by atoms with Crippen molar-refractivity contribution in [2.24, 2.45) is 5.92 Å². The van der Waals surface area contributed by atoms with E-state index in [0.717, 1.165) is 13.0 Å². The maximum absolute atomic E-state index is 12.0. The van der Waals surface area contributed by atoms with E-state index in [-0.39, 0.29) is 5.97 Å². The molecule has 2 atom stereocenters. The normalized spacial score (nSPS) is 20.6. The van der Waals surface area contributed by atoms with Crippen molar-refractivity contribution in [2.75, 3.05) is 27.2 Å². The number of nitrogens with one attached hydrogen (secondary N) is 1. The average molecular weight is 256 g/mol. The summed E-state index contributed by atoms with van der Waals surface area (Å²) in [6.07, 6.45) is 3.50. The molecule has 1 fully saturated rings. The Morgan fingerprint density at radius 3 is 2.61 bits per heavy atom. The summed E-state index contributed by atoms with van der Waals surface area (Å²) in [6, 6.07) is 0.492. The highest BCUT2D eigenvalue weighted by Crippen LogP contribution is 2.23. The van der Waals surface area contributed by atoms with Crippen LogP contribution < -0.4 is 5.32 Å². The molecule has 1 N–H and O–H groups in total. The highest BCUT2D eigenvalue weighted by Gasteiger charge is 2.40. The summed E-state index contributed by atoms with van der Waals surface area (Å²) in [7, 11) is 3.53. The molecule has 0 aromatic carbocycles. The standard InChI is InChI=1S/C14H28N2O2/c1-6-11(2)9-16(4)10-14(3,13(17)18-5)15-12-7-8-12/h11-12,15H,6-10H2,1-5H3. The van der Waals surface area contributed by atoms with Gasteiger partial charge in [0.15, 0.2) is 0 Å². The van der Waals surface area contributed by atoms with Gasteiger partial charge >= 0.3 is 5.97 Å². The highest BCUT2D eigenvalue weighted by molar-refractivity contribution is 5.80. The van der Waals surface area contributed by atoms with Gasteiger partial charge < -0.3 is 9.64 Å². The van der Waals surface area contributed by atoms with Crippen LogP contribution in [-0.2, 0) is 9.53 Å². The van der Waals surface area contributed by atoms with E-state index in [1.807, 2.05) is 6.92 Å².